The maximum atomic E-state index is 13.9. The summed E-state index contributed by atoms with van der Waals surface area (Å²) in [5.74, 6) is -2.58. The number of halogens is 2. The van der Waals surface area contributed by atoms with Crippen molar-refractivity contribution in [2.24, 2.45) is 5.41 Å². The zero-order chi connectivity index (χ0) is 19.2. The van der Waals surface area contributed by atoms with Gasteiger partial charge in [-0.25, -0.2) is 13.6 Å². The van der Waals surface area contributed by atoms with E-state index in [1.807, 2.05) is 52.0 Å². The largest absolute Gasteiger partial charge is 0.444 e. The van der Waals surface area contributed by atoms with Crippen LogP contribution in [0.2, 0.25) is 0 Å². The Morgan fingerprint density at radius 3 is 2.35 bits per heavy atom. The minimum absolute atomic E-state index is 0.0416. The smallest absolute Gasteiger partial charge is 0.410 e. The molecule has 1 aliphatic heterocycles. The van der Waals surface area contributed by atoms with Gasteiger partial charge < -0.3 is 9.64 Å². The van der Waals surface area contributed by atoms with Crippen molar-refractivity contribution in [3.8, 4) is 0 Å². The van der Waals surface area contributed by atoms with Crippen LogP contribution in [0.25, 0.3) is 0 Å². The third kappa shape index (κ3) is 4.18. The summed E-state index contributed by atoms with van der Waals surface area (Å²) in [7, 11) is 0. The Hall–Kier alpha value is -1.65. The van der Waals surface area contributed by atoms with E-state index in [4.69, 9.17) is 4.74 Å². The van der Waals surface area contributed by atoms with Crippen LogP contribution in [0.5, 0.6) is 0 Å². The van der Waals surface area contributed by atoms with Gasteiger partial charge in [0.15, 0.2) is 0 Å². The molecule has 0 aromatic heterocycles. The summed E-state index contributed by atoms with van der Waals surface area (Å²) in [6.07, 6.45) is 1.26. The van der Waals surface area contributed by atoms with Crippen LogP contribution in [0.15, 0.2) is 24.3 Å². The van der Waals surface area contributed by atoms with E-state index >= 15 is 0 Å². The molecule has 144 valence electrons. The third-order valence-corrected chi connectivity index (χ3v) is 5.63. The predicted octanol–water partition coefficient (Wildman–Crippen LogP) is 5.87. The van der Waals surface area contributed by atoms with Crippen molar-refractivity contribution in [3.05, 3.63) is 35.4 Å². The number of likely N-dealkylation sites (tertiary alicyclic amines) is 1. The van der Waals surface area contributed by atoms with E-state index in [2.05, 4.69) is 0 Å². The van der Waals surface area contributed by atoms with Gasteiger partial charge in [0.25, 0.3) is 0 Å². The molecule has 1 saturated carbocycles. The zero-order valence-corrected chi connectivity index (χ0v) is 16.1. The molecule has 26 heavy (non-hydrogen) atoms. The SMILES string of the molecule is Cc1ccc([C@H]2CC3(CCN2C(=O)OC(C)(C)C)CCC(F)(F)C3)cc1. The average molecular weight is 365 g/mol. The number of amides is 1. The fourth-order valence-corrected chi connectivity index (χ4v) is 4.32. The Labute approximate surface area is 154 Å². The normalized spacial score (nSPS) is 28.4. The standard InChI is InChI=1S/C21H29F2NO2/c1-15-5-7-16(8-6-15)17-13-20(9-10-21(22,23)14-20)11-12-24(17)18(25)26-19(2,3)4/h5-8,17H,9-14H2,1-4H3/t17-,20?/m1/s1. The predicted molar refractivity (Wildman–Crippen MR) is 97.3 cm³/mol. The van der Waals surface area contributed by atoms with E-state index < -0.39 is 11.5 Å². The molecule has 5 heteroatoms. The van der Waals surface area contributed by atoms with Crippen LogP contribution in [0, 0.1) is 12.3 Å². The number of carbonyl (C=O) groups excluding carboxylic acids is 1. The molecule has 1 amide bonds. The molecule has 1 aliphatic carbocycles. The van der Waals surface area contributed by atoms with E-state index in [1.165, 1.54) is 0 Å². The first-order valence-electron chi connectivity index (χ1n) is 9.43. The maximum absolute atomic E-state index is 13.9. The number of carbonyl (C=O) groups is 1. The Bertz CT molecular complexity index is 666. The number of rotatable bonds is 1. The lowest BCUT2D eigenvalue weighted by atomic mass is 9.72. The highest BCUT2D eigenvalue weighted by atomic mass is 19.3. The first-order chi connectivity index (χ1) is 12.0. The van der Waals surface area contributed by atoms with Crippen LogP contribution in [-0.4, -0.2) is 29.1 Å². The van der Waals surface area contributed by atoms with E-state index in [0.29, 0.717) is 25.8 Å². The molecule has 0 bridgehead atoms. The molecule has 1 heterocycles. The molecule has 3 nitrogen and oxygen atoms in total. The van der Waals surface area contributed by atoms with Crippen LogP contribution in [-0.2, 0) is 4.74 Å². The van der Waals surface area contributed by atoms with Gasteiger partial charge in [0.2, 0.25) is 5.92 Å². The van der Waals surface area contributed by atoms with Crippen molar-refractivity contribution in [2.75, 3.05) is 6.54 Å². The summed E-state index contributed by atoms with van der Waals surface area (Å²) in [5.41, 5.74) is 1.17. The molecule has 0 N–H and O–H groups in total. The highest BCUT2D eigenvalue weighted by Crippen LogP contribution is 2.56. The minimum atomic E-state index is -2.58. The van der Waals surface area contributed by atoms with Gasteiger partial charge in [-0.1, -0.05) is 29.8 Å². The Morgan fingerprint density at radius 2 is 1.81 bits per heavy atom. The average Bonchev–Trinajstić information content (AvgIpc) is 2.81. The van der Waals surface area contributed by atoms with Crippen LogP contribution in [0.4, 0.5) is 13.6 Å². The highest BCUT2D eigenvalue weighted by molar-refractivity contribution is 5.69. The molecule has 1 saturated heterocycles. The first-order valence-corrected chi connectivity index (χ1v) is 9.43. The summed E-state index contributed by atoms with van der Waals surface area (Å²) in [5, 5.41) is 0. The molecule has 3 rings (SSSR count). The summed E-state index contributed by atoms with van der Waals surface area (Å²) >= 11 is 0. The number of benzene rings is 1. The van der Waals surface area contributed by atoms with E-state index in [-0.39, 0.29) is 30.4 Å². The second-order valence-electron chi connectivity index (χ2n) is 9.09. The van der Waals surface area contributed by atoms with Gasteiger partial charge in [-0.3, -0.25) is 0 Å². The quantitative estimate of drug-likeness (QED) is 0.623. The molecule has 2 atom stereocenters. The fourth-order valence-electron chi connectivity index (χ4n) is 4.32. The topological polar surface area (TPSA) is 29.5 Å². The van der Waals surface area contributed by atoms with Crippen molar-refractivity contribution in [1.82, 2.24) is 4.90 Å². The summed E-state index contributed by atoms with van der Waals surface area (Å²) in [6, 6.07) is 7.81. The van der Waals surface area contributed by atoms with Crippen LogP contribution in [0.1, 0.15) is 70.0 Å². The lowest BCUT2D eigenvalue weighted by Gasteiger charge is -2.45. The Balaban J connectivity index is 1.88. The first kappa shape index (κ1) is 19.1. The van der Waals surface area contributed by atoms with Gasteiger partial charge in [-0.05, 0) is 57.9 Å². The fraction of sp³-hybridized carbons (Fsp3) is 0.667. The molecule has 1 aromatic carbocycles. The van der Waals surface area contributed by atoms with Crippen molar-refractivity contribution in [3.63, 3.8) is 0 Å². The molecular weight excluding hydrogens is 336 g/mol. The Kier molecular flexibility index (Phi) is 4.78. The number of aryl methyl sites for hydroxylation is 1. The van der Waals surface area contributed by atoms with E-state index in [9.17, 15) is 13.6 Å². The van der Waals surface area contributed by atoms with Gasteiger partial charge in [0.05, 0.1) is 6.04 Å². The van der Waals surface area contributed by atoms with E-state index in [0.717, 1.165) is 11.1 Å². The number of nitrogens with zero attached hydrogens (tertiary/aromatic N) is 1. The summed E-state index contributed by atoms with van der Waals surface area (Å²) in [4.78, 5) is 14.5. The summed E-state index contributed by atoms with van der Waals surface area (Å²) < 4.78 is 33.4. The highest BCUT2D eigenvalue weighted by Gasteiger charge is 2.53. The number of alkyl halides is 2. The van der Waals surface area contributed by atoms with Crippen LogP contribution >= 0.6 is 0 Å². The zero-order valence-electron chi connectivity index (χ0n) is 16.1. The Morgan fingerprint density at radius 1 is 1.15 bits per heavy atom. The number of ether oxygens (including phenoxy) is 1. The third-order valence-electron chi connectivity index (χ3n) is 5.63. The second kappa shape index (κ2) is 6.50. The van der Waals surface area contributed by atoms with Crippen molar-refractivity contribution < 1.29 is 18.3 Å². The van der Waals surface area contributed by atoms with E-state index in [1.54, 1.807) is 4.90 Å². The van der Waals surface area contributed by atoms with Crippen molar-refractivity contribution in [2.45, 2.75) is 77.4 Å². The molecule has 1 aromatic rings. The lowest BCUT2D eigenvalue weighted by molar-refractivity contribution is -0.0304. The number of hydrogen-bond donors (Lipinski definition) is 0. The van der Waals surface area contributed by atoms with Crippen molar-refractivity contribution in [1.29, 1.82) is 0 Å². The monoisotopic (exact) mass is 365 g/mol. The second-order valence-corrected chi connectivity index (χ2v) is 9.09. The molecule has 2 fully saturated rings. The van der Waals surface area contributed by atoms with Crippen molar-refractivity contribution >= 4 is 6.09 Å². The van der Waals surface area contributed by atoms with Crippen LogP contribution < -0.4 is 0 Å². The maximum Gasteiger partial charge on any atom is 0.410 e. The molecule has 0 radical (unpaired) electrons. The van der Waals surface area contributed by atoms with Gasteiger partial charge in [0.1, 0.15) is 5.60 Å². The minimum Gasteiger partial charge on any atom is -0.444 e. The molecule has 1 unspecified atom stereocenters. The molecular formula is C21H29F2NO2. The van der Waals surface area contributed by atoms with Gasteiger partial charge in [0, 0.05) is 19.4 Å². The van der Waals surface area contributed by atoms with Gasteiger partial charge in [-0.2, -0.15) is 0 Å². The summed E-state index contributed by atoms with van der Waals surface area (Å²) in [6.45, 7) is 8.00. The van der Waals surface area contributed by atoms with Crippen LogP contribution in [0.3, 0.4) is 0 Å². The lowest BCUT2D eigenvalue weighted by Crippen LogP contribution is -2.46. The molecule has 1 spiro atoms. The van der Waals surface area contributed by atoms with Gasteiger partial charge in [-0.15, -0.1) is 0 Å². The van der Waals surface area contributed by atoms with Gasteiger partial charge >= 0.3 is 6.09 Å². The molecule has 2 aliphatic rings. The number of piperidine rings is 1. The number of hydrogen-bond acceptors (Lipinski definition) is 2.